The molecule has 2 aliphatic carbocycles. The monoisotopic (exact) mass is 499 g/mol. The molecule has 1 spiro atoms. The zero-order chi connectivity index (χ0) is 25.5. The van der Waals surface area contributed by atoms with Gasteiger partial charge in [-0.2, -0.15) is 0 Å². The third kappa shape index (κ3) is 5.16. The van der Waals surface area contributed by atoms with E-state index >= 15 is 0 Å². The minimum atomic E-state index is -0.561. The Hall–Kier alpha value is -2.81. The number of amides is 3. The van der Waals surface area contributed by atoms with Crippen LogP contribution in [0, 0.1) is 11.3 Å². The van der Waals surface area contributed by atoms with Crippen LogP contribution in [0.4, 0.5) is 10.5 Å². The lowest BCUT2D eigenvalue weighted by Crippen LogP contribution is -2.47. The third-order valence-electron chi connectivity index (χ3n) is 7.88. The first-order chi connectivity index (χ1) is 17.1. The Morgan fingerprint density at radius 3 is 2.64 bits per heavy atom. The van der Waals surface area contributed by atoms with Crippen LogP contribution in [-0.2, 0) is 19.1 Å². The van der Waals surface area contributed by atoms with Crippen LogP contribution in [-0.4, -0.2) is 67.4 Å². The van der Waals surface area contributed by atoms with Gasteiger partial charge in [0.05, 0.1) is 13.2 Å². The first-order valence-corrected chi connectivity index (χ1v) is 13.1. The van der Waals surface area contributed by atoms with Crippen LogP contribution in [0.1, 0.15) is 64.4 Å². The number of alkyl carbamates (subject to hydrolysis) is 1. The number of nitrogens with one attached hydrogen (secondary N) is 2. The number of carbonyl (C=O) groups is 3. The van der Waals surface area contributed by atoms with Crippen LogP contribution in [0.2, 0.25) is 0 Å². The number of nitrogens with zero attached hydrogens (tertiary/aromatic N) is 1. The first kappa shape index (κ1) is 24.9. The Kier molecular flexibility index (Phi) is 6.61. The zero-order valence-electron chi connectivity index (χ0n) is 21.4. The molecule has 9 nitrogen and oxygen atoms in total. The van der Waals surface area contributed by atoms with E-state index in [-0.39, 0.29) is 49.5 Å². The van der Waals surface area contributed by atoms with Crippen molar-refractivity contribution < 1.29 is 28.6 Å². The number of carbonyl (C=O) groups excluding carboxylic acids is 3. The quantitative estimate of drug-likeness (QED) is 0.557. The second kappa shape index (κ2) is 9.57. The van der Waals surface area contributed by atoms with Crippen molar-refractivity contribution in [2.24, 2.45) is 11.3 Å². The van der Waals surface area contributed by atoms with Gasteiger partial charge in [0.15, 0.2) is 0 Å². The minimum absolute atomic E-state index is 0.0219. The summed E-state index contributed by atoms with van der Waals surface area (Å²) in [5.41, 5.74) is 1.69. The van der Waals surface area contributed by atoms with E-state index in [1.165, 1.54) is 19.3 Å². The number of benzene rings is 1. The molecular weight excluding hydrogens is 462 g/mol. The highest BCUT2D eigenvalue weighted by Gasteiger charge is 2.51. The van der Waals surface area contributed by atoms with Gasteiger partial charge in [-0.05, 0) is 64.0 Å². The molecule has 1 aromatic carbocycles. The summed E-state index contributed by atoms with van der Waals surface area (Å²) in [4.78, 5) is 39.1. The van der Waals surface area contributed by atoms with E-state index in [2.05, 4.69) is 10.6 Å². The maximum absolute atomic E-state index is 12.9. The molecule has 1 saturated heterocycles. The van der Waals surface area contributed by atoms with Crippen LogP contribution in [0.15, 0.2) is 18.2 Å². The molecule has 2 N–H and O–H groups in total. The van der Waals surface area contributed by atoms with Gasteiger partial charge in [0.2, 0.25) is 11.8 Å². The standard InChI is InChI=1S/C27H37N3O6/c1-26(2,3)36-25(33)28-10-11-34-16-22(31)30-14-18-21(15-30)35-20-7-4-6-19(23(18)20)29-24(32)17-12-27(13-17)8-5-9-27/h4,6-7,17-18,21H,5,8-16H2,1-3H3,(H,28,33)(H,29,32). The van der Waals surface area contributed by atoms with Crippen LogP contribution < -0.4 is 15.4 Å². The van der Waals surface area contributed by atoms with E-state index in [0.29, 0.717) is 18.5 Å². The molecule has 3 fully saturated rings. The number of fused-ring (bicyclic) bond motifs is 3. The number of likely N-dealkylation sites (tertiary alicyclic amines) is 1. The molecule has 0 radical (unpaired) electrons. The molecule has 196 valence electrons. The van der Waals surface area contributed by atoms with Crippen LogP contribution in [0.25, 0.3) is 0 Å². The van der Waals surface area contributed by atoms with Gasteiger partial charge in [0, 0.05) is 36.2 Å². The van der Waals surface area contributed by atoms with Crippen molar-refractivity contribution in [3.8, 4) is 5.75 Å². The Labute approximate surface area is 212 Å². The summed E-state index contributed by atoms with van der Waals surface area (Å²) >= 11 is 0. The van der Waals surface area contributed by atoms with Gasteiger partial charge >= 0.3 is 6.09 Å². The Morgan fingerprint density at radius 2 is 1.94 bits per heavy atom. The lowest BCUT2D eigenvalue weighted by Gasteiger charge is -2.53. The summed E-state index contributed by atoms with van der Waals surface area (Å²) in [5, 5.41) is 5.78. The normalized spacial score (nSPS) is 23.7. The number of hydrogen-bond acceptors (Lipinski definition) is 6. The van der Waals surface area contributed by atoms with Crippen LogP contribution in [0.5, 0.6) is 5.75 Å². The molecule has 4 aliphatic rings. The molecule has 9 heteroatoms. The zero-order valence-corrected chi connectivity index (χ0v) is 21.4. The Balaban J connectivity index is 1.09. The SMILES string of the molecule is CC(C)(C)OC(=O)NCCOCC(=O)N1CC2Oc3cccc(NC(=O)C4CC5(CCC5)C4)c3C2C1. The molecule has 5 rings (SSSR count). The second-order valence-electron chi connectivity index (χ2n) is 11.7. The molecular formula is C27H37N3O6. The summed E-state index contributed by atoms with van der Waals surface area (Å²) in [6.07, 6.45) is 5.20. The summed E-state index contributed by atoms with van der Waals surface area (Å²) in [6.45, 7) is 6.80. The third-order valence-corrected chi connectivity index (χ3v) is 7.88. The van der Waals surface area contributed by atoms with Gasteiger partial charge in [-0.25, -0.2) is 4.79 Å². The molecule has 2 unspecified atom stereocenters. The minimum Gasteiger partial charge on any atom is -0.487 e. The average molecular weight is 500 g/mol. The molecule has 2 atom stereocenters. The summed E-state index contributed by atoms with van der Waals surface area (Å²) in [5.74, 6) is 0.900. The predicted molar refractivity (Wildman–Crippen MR) is 133 cm³/mol. The molecule has 2 aliphatic heterocycles. The van der Waals surface area contributed by atoms with Gasteiger partial charge in [-0.15, -0.1) is 0 Å². The summed E-state index contributed by atoms with van der Waals surface area (Å²) in [7, 11) is 0. The van der Waals surface area contributed by atoms with E-state index in [1.807, 2.05) is 18.2 Å². The lowest BCUT2D eigenvalue weighted by atomic mass is 9.51. The fourth-order valence-corrected chi connectivity index (χ4v) is 5.96. The van der Waals surface area contributed by atoms with Crippen molar-refractivity contribution in [1.29, 1.82) is 0 Å². The highest BCUT2D eigenvalue weighted by Crippen LogP contribution is 2.59. The Bertz CT molecular complexity index is 1020. The molecule has 2 heterocycles. The van der Waals surface area contributed by atoms with Gasteiger partial charge in [-0.1, -0.05) is 12.5 Å². The smallest absolute Gasteiger partial charge is 0.407 e. The molecule has 1 aromatic rings. The van der Waals surface area contributed by atoms with E-state index in [0.717, 1.165) is 29.8 Å². The maximum atomic E-state index is 12.9. The van der Waals surface area contributed by atoms with Gasteiger partial charge in [0.1, 0.15) is 24.1 Å². The fourth-order valence-electron chi connectivity index (χ4n) is 5.96. The lowest BCUT2D eigenvalue weighted by molar-refractivity contribution is -0.135. The van der Waals surface area contributed by atoms with E-state index in [1.54, 1.807) is 25.7 Å². The largest absolute Gasteiger partial charge is 0.487 e. The highest BCUT2D eigenvalue weighted by atomic mass is 16.6. The topological polar surface area (TPSA) is 106 Å². The van der Waals surface area contributed by atoms with Crippen LogP contribution in [0.3, 0.4) is 0 Å². The summed E-state index contributed by atoms with van der Waals surface area (Å²) in [6, 6.07) is 5.78. The first-order valence-electron chi connectivity index (χ1n) is 13.1. The van der Waals surface area contributed by atoms with Gasteiger partial charge in [0.25, 0.3) is 0 Å². The number of ether oxygens (including phenoxy) is 3. The van der Waals surface area contributed by atoms with E-state index < -0.39 is 11.7 Å². The van der Waals surface area contributed by atoms with Crippen molar-refractivity contribution in [3.63, 3.8) is 0 Å². The van der Waals surface area contributed by atoms with Crippen molar-refractivity contribution in [1.82, 2.24) is 10.2 Å². The van der Waals surface area contributed by atoms with Gasteiger partial charge in [-0.3, -0.25) is 9.59 Å². The van der Waals surface area contributed by atoms with Crippen molar-refractivity contribution >= 4 is 23.6 Å². The molecule has 2 saturated carbocycles. The predicted octanol–water partition coefficient (Wildman–Crippen LogP) is 3.43. The highest BCUT2D eigenvalue weighted by molar-refractivity contribution is 5.94. The van der Waals surface area contributed by atoms with Gasteiger partial charge < -0.3 is 29.7 Å². The van der Waals surface area contributed by atoms with E-state index in [4.69, 9.17) is 14.2 Å². The number of hydrogen-bond donors (Lipinski definition) is 2. The van der Waals surface area contributed by atoms with Crippen molar-refractivity contribution in [2.75, 3.05) is 38.2 Å². The Morgan fingerprint density at radius 1 is 1.17 bits per heavy atom. The second-order valence-corrected chi connectivity index (χ2v) is 11.7. The average Bonchev–Trinajstić information content (AvgIpc) is 3.28. The molecule has 36 heavy (non-hydrogen) atoms. The van der Waals surface area contributed by atoms with Crippen LogP contribution >= 0.6 is 0 Å². The van der Waals surface area contributed by atoms with E-state index in [9.17, 15) is 14.4 Å². The van der Waals surface area contributed by atoms with Crippen molar-refractivity contribution in [3.05, 3.63) is 23.8 Å². The number of rotatable bonds is 7. The molecule has 3 amide bonds. The number of anilines is 1. The fraction of sp³-hybridized carbons (Fsp3) is 0.667. The maximum Gasteiger partial charge on any atom is 0.407 e. The molecule has 0 aromatic heterocycles. The van der Waals surface area contributed by atoms with Crippen molar-refractivity contribution in [2.45, 2.75) is 70.5 Å². The summed E-state index contributed by atoms with van der Waals surface area (Å²) < 4.78 is 16.8. The molecule has 0 bridgehead atoms.